The van der Waals surface area contributed by atoms with Crippen molar-refractivity contribution in [2.24, 2.45) is 17.6 Å². The van der Waals surface area contributed by atoms with E-state index in [1.54, 1.807) is 0 Å². The van der Waals surface area contributed by atoms with Crippen molar-refractivity contribution in [2.45, 2.75) is 64.5 Å². The summed E-state index contributed by atoms with van der Waals surface area (Å²) in [6.45, 7) is 6.28. The van der Waals surface area contributed by atoms with Gasteiger partial charge in [0.05, 0.1) is 12.1 Å². The molecule has 0 heterocycles. The van der Waals surface area contributed by atoms with Gasteiger partial charge in [0, 0.05) is 12.5 Å². The molecule has 0 saturated heterocycles. The largest absolute Gasteiger partial charge is 0.394 e. The molecule has 0 aromatic carbocycles. The van der Waals surface area contributed by atoms with E-state index in [9.17, 15) is 9.90 Å². The summed E-state index contributed by atoms with van der Waals surface area (Å²) in [5.41, 5.74) is 5.50. The van der Waals surface area contributed by atoms with Crippen LogP contribution >= 0.6 is 0 Å². The second kappa shape index (κ2) is 6.53. The van der Waals surface area contributed by atoms with Crippen LogP contribution in [0, 0.1) is 11.8 Å². The highest BCUT2D eigenvalue weighted by molar-refractivity contribution is 5.77. The van der Waals surface area contributed by atoms with Crippen LogP contribution in [0.25, 0.3) is 0 Å². The van der Waals surface area contributed by atoms with Gasteiger partial charge in [0.1, 0.15) is 0 Å². The maximum absolute atomic E-state index is 12.0. The first-order valence-electron chi connectivity index (χ1n) is 7.06. The van der Waals surface area contributed by atoms with Crippen LogP contribution in [0.5, 0.6) is 0 Å². The van der Waals surface area contributed by atoms with Gasteiger partial charge < -0.3 is 16.2 Å². The lowest BCUT2D eigenvalue weighted by atomic mass is 9.77. The molecule has 1 unspecified atom stereocenters. The van der Waals surface area contributed by atoms with Crippen molar-refractivity contribution < 1.29 is 9.90 Å². The molecule has 18 heavy (non-hydrogen) atoms. The van der Waals surface area contributed by atoms with Crippen LogP contribution in [-0.4, -0.2) is 29.2 Å². The van der Waals surface area contributed by atoms with Crippen LogP contribution in [0.1, 0.15) is 52.9 Å². The number of carbonyl (C=O) groups excluding carboxylic acids is 1. The second-order valence-corrected chi connectivity index (χ2v) is 6.28. The highest BCUT2D eigenvalue weighted by atomic mass is 16.3. The minimum Gasteiger partial charge on any atom is -0.394 e. The molecule has 1 atom stereocenters. The predicted octanol–water partition coefficient (Wildman–Crippen LogP) is 1.42. The van der Waals surface area contributed by atoms with Gasteiger partial charge in [-0.05, 0) is 37.5 Å². The Morgan fingerprint density at radius 1 is 1.44 bits per heavy atom. The number of hydrogen-bond acceptors (Lipinski definition) is 3. The zero-order valence-electron chi connectivity index (χ0n) is 11.9. The van der Waals surface area contributed by atoms with Crippen LogP contribution in [0.4, 0.5) is 0 Å². The van der Waals surface area contributed by atoms with E-state index in [0.29, 0.717) is 18.3 Å². The molecule has 4 heteroatoms. The van der Waals surface area contributed by atoms with Gasteiger partial charge in [0.15, 0.2) is 0 Å². The molecule has 106 valence electrons. The summed E-state index contributed by atoms with van der Waals surface area (Å²) < 4.78 is 0. The molecule has 1 rings (SSSR count). The quantitative estimate of drug-likeness (QED) is 0.696. The van der Waals surface area contributed by atoms with Gasteiger partial charge in [0.25, 0.3) is 0 Å². The molecule has 0 radical (unpaired) electrons. The standard InChI is InChI=1S/C14H28N2O2/c1-10(2)12(15)8-13(18)16-14(9-17)6-4-11(3)5-7-14/h10-12,17H,4-9,15H2,1-3H3,(H,16,18). The molecular weight excluding hydrogens is 228 g/mol. The molecule has 0 bridgehead atoms. The number of hydrogen-bond donors (Lipinski definition) is 3. The molecule has 1 fully saturated rings. The zero-order chi connectivity index (χ0) is 13.8. The van der Waals surface area contributed by atoms with Crippen molar-refractivity contribution in [1.29, 1.82) is 0 Å². The maximum Gasteiger partial charge on any atom is 0.222 e. The molecule has 0 aliphatic heterocycles. The maximum atomic E-state index is 12.0. The van der Waals surface area contributed by atoms with Crippen molar-refractivity contribution in [3.63, 3.8) is 0 Å². The molecule has 1 aliphatic rings. The van der Waals surface area contributed by atoms with Gasteiger partial charge in [-0.15, -0.1) is 0 Å². The number of amides is 1. The topological polar surface area (TPSA) is 75.3 Å². The van der Waals surface area contributed by atoms with E-state index in [0.717, 1.165) is 25.7 Å². The third-order valence-electron chi connectivity index (χ3n) is 4.22. The first-order valence-corrected chi connectivity index (χ1v) is 7.06. The Labute approximate surface area is 110 Å². The molecule has 1 amide bonds. The Hall–Kier alpha value is -0.610. The fourth-order valence-electron chi connectivity index (χ4n) is 2.43. The van der Waals surface area contributed by atoms with Crippen molar-refractivity contribution in [3.8, 4) is 0 Å². The third kappa shape index (κ3) is 4.25. The lowest BCUT2D eigenvalue weighted by molar-refractivity contribution is -0.124. The second-order valence-electron chi connectivity index (χ2n) is 6.28. The third-order valence-corrected chi connectivity index (χ3v) is 4.22. The predicted molar refractivity (Wildman–Crippen MR) is 73.0 cm³/mol. The number of carbonyl (C=O) groups is 1. The smallest absolute Gasteiger partial charge is 0.222 e. The number of rotatable bonds is 5. The molecule has 4 nitrogen and oxygen atoms in total. The average molecular weight is 256 g/mol. The van der Waals surface area contributed by atoms with Crippen molar-refractivity contribution in [1.82, 2.24) is 5.32 Å². The first kappa shape index (κ1) is 15.4. The molecule has 1 saturated carbocycles. The normalized spacial score (nSPS) is 30.2. The zero-order valence-corrected chi connectivity index (χ0v) is 11.9. The Bertz CT molecular complexity index is 271. The van der Waals surface area contributed by atoms with Crippen molar-refractivity contribution >= 4 is 5.91 Å². The highest BCUT2D eigenvalue weighted by Crippen LogP contribution is 2.31. The van der Waals surface area contributed by atoms with Gasteiger partial charge in [-0.3, -0.25) is 4.79 Å². The van der Waals surface area contributed by atoms with Crippen LogP contribution in [0.15, 0.2) is 0 Å². The van der Waals surface area contributed by atoms with Crippen molar-refractivity contribution in [3.05, 3.63) is 0 Å². The number of aliphatic hydroxyl groups is 1. The van der Waals surface area contributed by atoms with E-state index in [1.165, 1.54) is 0 Å². The molecule has 4 N–H and O–H groups in total. The molecule has 0 aromatic rings. The fourth-order valence-corrected chi connectivity index (χ4v) is 2.43. The number of nitrogens with two attached hydrogens (primary N) is 1. The van der Waals surface area contributed by atoms with E-state index < -0.39 is 5.54 Å². The van der Waals surface area contributed by atoms with Gasteiger partial charge in [-0.25, -0.2) is 0 Å². The minimum absolute atomic E-state index is 0.0280. The van der Waals surface area contributed by atoms with E-state index in [2.05, 4.69) is 12.2 Å². The molecule has 0 aromatic heterocycles. The molecule has 1 aliphatic carbocycles. The first-order chi connectivity index (χ1) is 8.38. The molecule has 0 spiro atoms. The summed E-state index contributed by atoms with van der Waals surface area (Å²) in [7, 11) is 0. The van der Waals surface area contributed by atoms with Crippen LogP contribution < -0.4 is 11.1 Å². The van der Waals surface area contributed by atoms with Crippen molar-refractivity contribution in [2.75, 3.05) is 6.61 Å². The van der Waals surface area contributed by atoms with E-state index in [4.69, 9.17) is 5.73 Å². The molecular formula is C14H28N2O2. The summed E-state index contributed by atoms with van der Waals surface area (Å²) in [5, 5.41) is 12.6. The number of aliphatic hydroxyl groups excluding tert-OH is 1. The van der Waals surface area contributed by atoms with E-state index >= 15 is 0 Å². The minimum atomic E-state index is -0.402. The summed E-state index contributed by atoms with van der Waals surface area (Å²) in [4.78, 5) is 12.0. The Balaban J connectivity index is 2.50. The Morgan fingerprint density at radius 3 is 2.44 bits per heavy atom. The van der Waals surface area contributed by atoms with Gasteiger partial charge in [-0.2, -0.15) is 0 Å². The lowest BCUT2D eigenvalue weighted by Gasteiger charge is -2.39. The monoisotopic (exact) mass is 256 g/mol. The van der Waals surface area contributed by atoms with E-state index in [-0.39, 0.29) is 18.6 Å². The van der Waals surface area contributed by atoms with Gasteiger partial charge in [-0.1, -0.05) is 20.8 Å². The Kier molecular flexibility index (Phi) is 5.60. The highest BCUT2D eigenvalue weighted by Gasteiger charge is 2.35. The summed E-state index contributed by atoms with van der Waals surface area (Å²) in [5.74, 6) is 0.964. The lowest BCUT2D eigenvalue weighted by Crippen LogP contribution is -2.54. The fraction of sp³-hybridized carbons (Fsp3) is 0.929. The summed E-state index contributed by atoms with van der Waals surface area (Å²) in [6, 6.07) is -0.108. The summed E-state index contributed by atoms with van der Waals surface area (Å²) >= 11 is 0. The average Bonchev–Trinajstić information content (AvgIpc) is 2.32. The van der Waals surface area contributed by atoms with E-state index in [1.807, 2.05) is 13.8 Å². The van der Waals surface area contributed by atoms with Crippen LogP contribution in [0.2, 0.25) is 0 Å². The SMILES string of the molecule is CC1CCC(CO)(NC(=O)CC(N)C(C)C)CC1. The van der Waals surface area contributed by atoms with Crippen LogP contribution in [0.3, 0.4) is 0 Å². The van der Waals surface area contributed by atoms with Gasteiger partial charge in [0.2, 0.25) is 5.91 Å². The summed E-state index contributed by atoms with van der Waals surface area (Å²) in [6.07, 6.45) is 4.21. The number of nitrogens with one attached hydrogen (secondary N) is 1. The Morgan fingerprint density at radius 2 is 2.00 bits per heavy atom. The van der Waals surface area contributed by atoms with Crippen LogP contribution in [-0.2, 0) is 4.79 Å². The van der Waals surface area contributed by atoms with Gasteiger partial charge >= 0.3 is 0 Å².